The fourth-order valence-electron chi connectivity index (χ4n) is 2.96. The topological polar surface area (TPSA) is 12.5 Å². The van der Waals surface area contributed by atoms with Crippen LogP contribution in [0.3, 0.4) is 0 Å². The van der Waals surface area contributed by atoms with Gasteiger partial charge in [-0.1, -0.05) is 37.3 Å². The van der Waals surface area contributed by atoms with Crippen molar-refractivity contribution in [3.8, 4) is 0 Å². The third-order valence-corrected chi connectivity index (χ3v) is 3.49. The predicted octanol–water partition coefficient (Wildman–Crippen LogP) is 2.97. The normalized spacial score (nSPS) is 27.1. The van der Waals surface area contributed by atoms with Gasteiger partial charge in [0.25, 0.3) is 0 Å². The van der Waals surface area contributed by atoms with E-state index in [0.717, 1.165) is 13.1 Å². The van der Waals surface area contributed by atoms with Crippen molar-refractivity contribution in [3.05, 3.63) is 35.9 Å². The molecule has 1 aromatic rings. The molecule has 2 rings (SSSR count). The molecule has 2 heteroatoms. The number of ether oxygens (including phenoxy) is 1. The Hall–Kier alpha value is -0.860. The number of nitrogens with zero attached hydrogens (tertiary/aromatic N) is 1. The van der Waals surface area contributed by atoms with Gasteiger partial charge >= 0.3 is 0 Å². The van der Waals surface area contributed by atoms with E-state index >= 15 is 0 Å². The molecule has 0 N–H and O–H groups in total. The highest BCUT2D eigenvalue weighted by atomic mass is 16.5. The minimum absolute atomic E-state index is 0.373. The molecule has 3 atom stereocenters. The van der Waals surface area contributed by atoms with E-state index in [4.69, 9.17) is 4.74 Å². The summed E-state index contributed by atoms with van der Waals surface area (Å²) in [5.41, 5.74) is 1.44. The van der Waals surface area contributed by atoms with E-state index in [1.165, 1.54) is 18.5 Å². The van der Waals surface area contributed by atoms with Crippen molar-refractivity contribution in [1.82, 2.24) is 4.90 Å². The van der Waals surface area contributed by atoms with Gasteiger partial charge in [-0.25, -0.2) is 0 Å². The fraction of sp³-hybridized carbons (Fsp3) is 0.625. The van der Waals surface area contributed by atoms with Crippen molar-refractivity contribution in [2.45, 2.75) is 39.4 Å². The summed E-state index contributed by atoms with van der Waals surface area (Å²) in [5.74, 6) is 0.699. The maximum atomic E-state index is 5.77. The smallest absolute Gasteiger partial charge is 0.0678 e. The predicted molar refractivity (Wildman–Crippen MR) is 75.8 cm³/mol. The minimum atomic E-state index is 0.373. The molecule has 2 nitrogen and oxygen atoms in total. The van der Waals surface area contributed by atoms with Gasteiger partial charge in [-0.15, -0.1) is 0 Å². The van der Waals surface area contributed by atoms with Gasteiger partial charge in [0.05, 0.1) is 12.2 Å². The Kier molecular flexibility index (Phi) is 4.79. The van der Waals surface area contributed by atoms with Crippen molar-refractivity contribution in [1.29, 1.82) is 0 Å². The van der Waals surface area contributed by atoms with Crippen LogP contribution in [0, 0.1) is 5.92 Å². The quantitative estimate of drug-likeness (QED) is 0.811. The number of morpholine rings is 1. The Morgan fingerprint density at radius 1 is 1.17 bits per heavy atom. The van der Waals surface area contributed by atoms with Gasteiger partial charge in [0, 0.05) is 19.6 Å². The Labute approximate surface area is 111 Å². The van der Waals surface area contributed by atoms with Crippen LogP contribution >= 0.6 is 0 Å². The van der Waals surface area contributed by atoms with Crippen molar-refractivity contribution in [3.63, 3.8) is 0 Å². The summed E-state index contributed by atoms with van der Waals surface area (Å²) in [7, 11) is 0. The molecule has 100 valence electrons. The van der Waals surface area contributed by atoms with Crippen molar-refractivity contribution < 1.29 is 4.74 Å². The summed E-state index contributed by atoms with van der Waals surface area (Å²) in [6.07, 6.45) is 1.91. The SMILES string of the molecule is C[C@H](Cc1ccccc1)CN1C[C@@H](C)O[C@@H](C)C1. The number of hydrogen-bond donors (Lipinski definition) is 0. The first-order valence-corrected chi connectivity index (χ1v) is 7.05. The van der Waals surface area contributed by atoms with E-state index in [-0.39, 0.29) is 0 Å². The summed E-state index contributed by atoms with van der Waals surface area (Å²) in [5, 5.41) is 0. The van der Waals surface area contributed by atoms with Crippen molar-refractivity contribution in [2.24, 2.45) is 5.92 Å². The highest BCUT2D eigenvalue weighted by molar-refractivity contribution is 5.15. The van der Waals surface area contributed by atoms with E-state index in [0.29, 0.717) is 18.1 Å². The summed E-state index contributed by atoms with van der Waals surface area (Å²) >= 11 is 0. The van der Waals surface area contributed by atoms with Gasteiger partial charge in [0.2, 0.25) is 0 Å². The maximum absolute atomic E-state index is 5.77. The number of hydrogen-bond acceptors (Lipinski definition) is 2. The fourth-order valence-corrected chi connectivity index (χ4v) is 2.96. The Morgan fingerprint density at radius 2 is 1.78 bits per heavy atom. The maximum Gasteiger partial charge on any atom is 0.0678 e. The average Bonchev–Trinajstić information content (AvgIpc) is 2.28. The molecule has 18 heavy (non-hydrogen) atoms. The van der Waals surface area contributed by atoms with Crippen molar-refractivity contribution >= 4 is 0 Å². The van der Waals surface area contributed by atoms with Gasteiger partial charge in [0.15, 0.2) is 0 Å². The average molecular weight is 247 g/mol. The molecular weight excluding hydrogens is 222 g/mol. The van der Waals surface area contributed by atoms with E-state index in [9.17, 15) is 0 Å². The lowest BCUT2D eigenvalue weighted by atomic mass is 10.00. The Bertz CT molecular complexity index is 341. The molecule has 0 spiro atoms. The molecule has 0 amide bonds. The summed E-state index contributed by atoms with van der Waals surface area (Å²) < 4.78 is 5.77. The van der Waals surface area contributed by atoms with E-state index in [2.05, 4.69) is 56.0 Å². The molecule has 1 aliphatic heterocycles. The Balaban J connectivity index is 1.82. The lowest BCUT2D eigenvalue weighted by Gasteiger charge is -2.36. The largest absolute Gasteiger partial charge is 0.373 e. The van der Waals surface area contributed by atoms with Crippen LogP contribution in [-0.4, -0.2) is 36.7 Å². The van der Waals surface area contributed by atoms with Gasteiger partial charge in [-0.2, -0.15) is 0 Å². The summed E-state index contributed by atoms with van der Waals surface area (Å²) in [6.45, 7) is 10.0. The molecular formula is C16H25NO. The van der Waals surface area contributed by atoms with Gasteiger partial charge in [-0.05, 0) is 31.7 Å². The third kappa shape index (κ3) is 4.11. The first-order valence-electron chi connectivity index (χ1n) is 7.05. The Morgan fingerprint density at radius 3 is 2.39 bits per heavy atom. The molecule has 1 heterocycles. The molecule has 0 saturated carbocycles. The molecule has 1 saturated heterocycles. The molecule has 0 aromatic heterocycles. The first-order chi connectivity index (χ1) is 8.63. The van der Waals surface area contributed by atoms with Crippen LogP contribution in [-0.2, 0) is 11.2 Å². The molecule has 1 aliphatic rings. The minimum Gasteiger partial charge on any atom is -0.373 e. The van der Waals surface area contributed by atoms with Crippen LogP contribution in [0.1, 0.15) is 26.3 Å². The first kappa shape index (κ1) is 13.6. The monoisotopic (exact) mass is 247 g/mol. The number of benzene rings is 1. The zero-order chi connectivity index (χ0) is 13.0. The lowest BCUT2D eigenvalue weighted by molar-refractivity contribution is -0.0708. The second-order valence-corrected chi connectivity index (χ2v) is 5.77. The summed E-state index contributed by atoms with van der Waals surface area (Å²) in [6, 6.07) is 10.8. The van der Waals surface area contributed by atoms with Crippen LogP contribution in [0.4, 0.5) is 0 Å². The molecule has 0 unspecified atom stereocenters. The zero-order valence-corrected chi connectivity index (χ0v) is 11.8. The standard InChI is InChI=1S/C16H25NO/c1-13(9-16-7-5-4-6-8-16)10-17-11-14(2)18-15(3)12-17/h4-8,13-15H,9-12H2,1-3H3/t13-,14-,15+/m1/s1. The molecule has 0 radical (unpaired) electrons. The lowest BCUT2D eigenvalue weighted by Crippen LogP contribution is -2.47. The molecule has 0 bridgehead atoms. The van der Waals surface area contributed by atoms with Gasteiger partial charge in [0.1, 0.15) is 0 Å². The zero-order valence-electron chi connectivity index (χ0n) is 11.8. The van der Waals surface area contributed by atoms with E-state index < -0.39 is 0 Å². The van der Waals surface area contributed by atoms with Crippen LogP contribution in [0.2, 0.25) is 0 Å². The van der Waals surface area contributed by atoms with Crippen LogP contribution in [0.25, 0.3) is 0 Å². The summed E-state index contributed by atoms with van der Waals surface area (Å²) in [4.78, 5) is 2.55. The second-order valence-electron chi connectivity index (χ2n) is 5.77. The van der Waals surface area contributed by atoms with E-state index in [1.807, 2.05) is 0 Å². The highest BCUT2D eigenvalue weighted by Gasteiger charge is 2.23. The van der Waals surface area contributed by atoms with Gasteiger partial charge in [-0.3, -0.25) is 4.90 Å². The van der Waals surface area contributed by atoms with Crippen molar-refractivity contribution in [2.75, 3.05) is 19.6 Å². The van der Waals surface area contributed by atoms with Crippen LogP contribution < -0.4 is 0 Å². The highest BCUT2D eigenvalue weighted by Crippen LogP contribution is 2.15. The molecule has 1 fully saturated rings. The second kappa shape index (κ2) is 6.35. The third-order valence-electron chi connectivity index (χ3n) is 3.49. The number of rotatable bonds is 4. The van der Waals surface area contributed by atoms with E-state index in [1.54, 1.807) is 0 Å². The van der Waals surface area contributed by atoms with Crippen LogP contribution in [0.15, 0.2) is 30.3 Å². The molecule has 0 aliphatic carbocycles. The van der Waals surface area contributed by atoms with Gasteiger partial charge < -0.3 is 4.74 Å². The van der Waals surface area contributed by atoms with Crippen LogP contribution in [0.5, 0.6) is 0 Å². The molecule has 1 aromatic carbocycles.